The average molecular weight is 450 g/mol. The first-order valence-electron chi connectivity index (χ1n) is 9.82. The lowest BCUT2D eigenvalue weighted by Gasteiger charge is -2.26. The minimum atomic E-state index is -0.496. The van der Waals surface area contributed by atoms with Crippen molar-refractivity contribution in [2.75, 3.05) is 18.9 Å². The summed E-state index contributed by atoms with van der Waals surface area (Å²) in [5.74, 6) is -0.354. The molecule has 7 heteroatoms. The number of hydrogen-bond acceptors (Lipinski definition) is 3. The van der Waals surface area contributed by atoms with Crippen molar-refractivity contribution < 1.29 is 9.59 Å². The standard InChI is InChI=1S/C23H29Cl2N3O2/c1-13-9-14(2)22(15(3)10-13)27-21(29)12-28(6)17(5)23(30)26-16(4)19-8-7-18(24)11-20(19)25/h7-11,16-17H,12H2,1-6H3,(H,26,30)(H,27,29). The monoisotopic (exact) mass is 449 g/mol. The van der Waals surface area contributed by atoms with Gasteiger partial charge in [-0.25, -0.2) is 0 Å². The van der Waals surface area contributed by atoms with E-state index in [0.29, 0.717) is 10.0 Å². The number of rotatable bonds is 7. The van der Waals surface area contributed by atoms with E-state index in [1.165, 1.54) is 0 Å². The molecule has 2 aromatic rings. The Morgan fingerprint density at radius 2 is 1.63 bits per heavy atom. The van der Waals surface area contributed by atoms with Gasteiger partial charge in [-0.1, -0.05) is 47.0 Å². The van der Waals surface area contributed by atoms with Gasteiger partial charge in [-0.2, -0.15) is 0 Å². The van der Waals surface area contributed by atoms with Gasteiger partial charge < -0.3 is 10.6 Å². The van der Waals surface area contributed by atoms with Crippen LogP contribution >= 0.6 is 23.2 Å². The molecule has 0 saturated carbocycles. The number of amides is 2. The number of likely N-dealkylation sites (N-methyl/N-ethyl adjacent to an activating group) is 1. The third-order valence-corrected chi connectivity index (χ3v) is 5.73. The lowest BCUT2D eigenvalue weighted by Crippen LogP contribution is -2.46. The summed E-state index contributed by atoms with van der Waals surface area (Å²) in [4.78, 5) is 26.9. The van der Waals surface area contributed by atoms with Gasteiger partial charge in [-0.15, -0.1) is 0 Å². The van der Waals surface area contributed by atoms with Crippen LogP contribution in [-0.4, -0.2) is 36.3 Å². The van der Waals surface area contributed by atoms with Gasteiger partial charge in [-0.05, 0) is 70.5 Å². The number of anilines is 1. The fourth-order valence-corrected chi connectivity index (χ4v) is 3.96. The molecular weight excluding hydrogens is 421 g/mol. The SMILES string of the molecule is Cc1cc(C)c(NC(=O)CN(C)C(C)C(=O)NC(C)c2ccc(Cl)cc2Cl)c(C)c1. The van der Waals surface area contributed by atoms with Gasteiger partial charge in [0.05, 0.1) is 18.6 Å². The van der Waals surface area contributed by atoms with E-state index in [0.717, 1.165) is 27.9 Å². The Morgan fingerprint density at radius 3 is 2.20 bits per heavy atom. The molecule has 2 aromatic carbocycles. The normalized spacial score (nSPS) is 13.1. The van der Waals surface area contributed by atoms with E-state index in [4.69, 9.17) is 23.2 Å². The van der Waals surface area contributed by atoms with Crippen molar-refractivity contribution >= 4 is 40.7 Å². The molecule has 2 amide bonds. The molecule has 0 fully saturated rings. The molecular formula is C23H29Cl2N3O2. The van der Waals surface area contributed by atoms with E-state index in [1.54, 1.807) is 37.1 Å². The maximum absolute atomic E-state index is 12.7. The highest BCUT2D eigenvalue weighted by atomic mass is 35.5. The van der Waals surface area contributed by atoms with Crippen molar-refractivity contribution in [2.24, 2.45) is 0 Å². The molecule has 0 heterocycles. The Kier molecular flexibility index (Phi) is 8.30. The van der Waals surface area contributed by atoms with Gasteiger partial charge in [0.15, 0.2) is 0 Å². The zero-order valence-corrected chi connectivity index (χ0v) is 19.8. The van der Waals surface area contributed by atoms with Crippen molar-refractivity contribution in [1.29, 1.82) is 0 Å². The minimum absolute atomic E-state index is 0.0947. The second kappa shape index (κ2) is 10.3. The topological polar surface area (TPSA) is 61.4 Å². The Morgan fingerprint density at radius 1 is 1.03 bits per heavy atom. The summed E-state index contributed by atoms with van der Waals surface area (Å²) < 4.78 is 0. The second-order valence-corrected chi connectivity index (χ2v) is 8.65. The van der Waals surface area contributed by atoms with Gasteiger partial charge in [0.25, 0.3) is 0 Å². The molecule has 2 unspecified atom stereocenters. The molecule has 0 aromatic heterocycles. The summed E-state index contributed by atoms with van der Waals surface area (Å²) in [6.07, 6.45) is 0. The van der Waals surface area contributed by atoms with Gasteiger partial charge in [0.2, 0.25) is 11.8 Å². The number of nitrogens with one attached hydrogen (secondary N) is 2. The van der Waals surface area contributed by atoms with Gasteiger partial charge in [0.1, 0.15) is 0 Å². The number of halogens is 2. The molecule has 0 bridgehead atoms. The van der Waals surface area contributed by atoms with Crippen LogP contribution in [0, 0.1) is 20.8 Å². The van der Waals surface area contributed by atoms with Crippen molar-refractivity contribution in [1.82, 2.24) is 10.2 Å². The average Bonchev–Trinajstić information content (AvgIpc) is 2.63. The first-order valence-corrected chi connectivity index (χ1v) is 10.6. The van der Waals surface area contributed by atoms with Crippen molar-refractivity contribution in [3.8, 4) is 0 Å². The summed E-state index contributed by atoms with van der Waals surface area (Å²) in [6, 6.07) is 8.46. The molecule has 162 valence electrons. The number of carbonyl (C=O) groups excluding carboxylic acids is 2. The predicted octanol–water partition coefficient (Wildman–Crippen LogP) is 5.05. The number of hydrogen-bond donors (Lipinski definition) is 2. The smallest absolute Gasteiger partial charge is 0.238 e. The molecule has 2 atom stereocenters. The maximum Gasteiger partial charge on any atom is 0.238 e. The number of benzene rings is 2. The van der Waals surface area contributed by atoms with E-state index in [-0.39, 0.29) is 24.4 Å². The highest BCUT2D eigenvalue weighted by Crippen LogP contribution is 2.26. The molecule has 0 aliphatic heterocycles. The molecule has 2 rings (SSSR count). The Labute approximate surface area is 188 Å². The van der Waals surface area contributed by atoms with Crippen LogP contribution in [0.3, 0.4) is 0 Å². The summed E-state index contributed by atoms with van der Waals surface area (Å²) in [5, 5.41) is 6.95. The van der Waals surface area contributed by atoms with Crippen molar-refractivity contribution in [3.05, 3.63) is 62.6 Å². The molecule has 0 aliphatic carbocycles. The zero-order chi connectivity index (χ0) is 22.6. The van der Waals surface area contributed by atoms with Gasteiger partial charge >= 0.3 is 0 Å². The van der Waals surface area contributed by atoms with Crippen LogP contribution in [0.25, 0.3) is 0 Å². The first kappa shape index (κ1) is 24.2. The molecule has 0 saturated heterocycles. The lowest BCUT2D eigenvalue weighted by molar-refractivity contribution is -0.127. The van der Waals surface area contributed by atoms with Crippen LogP contribution in [-0.2, 0) is 9.59 Å². The van der Waals surface area contributed by atoms with Crippen LogP contribution in [0.1, 0.15) is 42.1 Å². The van der Waals surface area contributed by atoms with Crippen LogP contribution in [0.15, 0.2) is 30.3 Å². The molecule has 0 spiro atoms. The summed E-state index contributed by atoms with van der Waals surface area (Å²) in [7, 11) is 1.75. The van der Waals surface area contributed by atoms with E-state index in [9.17, 15) is 9.59 Å². The fraction of sp³-hybridized carbons (Fsp3) is 0.391. The quantitative estimate of drug-likeness (QED) is 0.620. The van der Waals surface area contributed by atoms with Crippen molar-refractivity contribution in [2.45, 2.75) is 46.7 Å². The van der Waals surface area contributed by atoms with E-state index in [2.05, 4.69) is 10.6 Å². The second-order valence-electron chi connectivity index (χ2n) is 7.81. The summed E-state index contributed by atoms with van der Waals surface area (Å²) >= 11 is 12.2. The Hall–Kier alpha value is -2.08. The first-order chi connectivity index (χ1) is 14.0. The highest BCUT2D eigenvalue weighted by molar-refractivity contribution is 6.35. The zero-order valence-electron chi connectivity index (χ0n) is 18.3. The Balaban J connectivity index is 1.96. The number of nitrogens with zero attached hydrogens (tertiary/aromatic N) is 1. The molecule has 0 radical (unpaired) electrons. The fourth-order valence-electron chi connectivity index (χ4n) is 3.38. The van der Waals surface area contributed by atoms with Gasteiger partial charge in [-0.3, -0.25) is 14.5 Å². The largest absolute Gasteiger partial charge is 0.348 e. The Bertz CT molecular complexity index is 923. The summed E-state index contributed by atoms with van der Waals surface area (Å²) in [6.45, 7) is 9.68. The molecule has 0 aliphatic rings. The van der Waals surface area contributed by atoms with Crippen LogP contribution < -0.4 is 10.6 Å². The minimum Gasteiger partial charge on any atom is -0.348 e. The highest BCUT2D eigenvalue weighted by Gasteiger charge is 2.23. The van der Waals surface area contributed by atoms with Gasteiger partial charge in [0, 0.05) is 15.7 Å². The van der Waals surface area contributed by atoms with Crippen LogP contribution in [0.2, 0.25) is 10.0 Å². The van der Waals surface area contributed by atoms with E-state index >= 15 is 0 Å². The number of aryl methyl sites for hydroxylation is 3. The van der Waals surface area contributed by atoms with E-state index < -0.39 is 6.04 Å². The molecule has 2 N–H and O–H groups in total. The van der Waals surface area contributed by atoms with E-state index in [1.807, 2.05) is 39.8 Å². The van der Waals surface area contributed by atoms with Crippen LogP contribution in [0.4, 0.5) is 5.69 Å². The lowest BCUT2D eigenvalue weighted by atomic mass is 10.1. The summed E-state index contributed by atoms with van der Waals surface area (Å²) in [5.41, 5.74) is 4.79. The van der Waals surface area contributed by atoms with Crippen molar-refractivity contribution in [3.63, 3.8) is 0 Å². The third kappa shape index (κ3) is 6.21. The third-order valence-electron chi connectivity index (χ3n) is 5.16. The molecule has 30 heavy (non-hydrogen) atoms. The van der Waals surface area contributed by atoms with Crippen LogP contribution in [0.5, 0.6) is 0 Å². The number of carbonyl (C=O) groups is 2. The maximum atomic E-state index is 12.7. The molecule has 5 nitrogen and oxygen atoms in total. The predicted molar refractivity (Wildman–Crippen MR) is 124 cm³/mol.